The molecule has 0 saturated heterocycles. The van der Waals surface area contributed by atoms with E-state index in [2.05, 4.69) is 47.7 Å². The Morgan fingerprint density at radius 2 is 1.68 bits per heavy atom. The van der Waals surface area contributed by atoms with Gasteiger partial charge in [-0.05, 0) is 30.1 Å². The maximum atomic E-state index is 6.48. The smallest absolute Gasteiger partial charge is 0.192 e. The van der Waals surface area contributed by atoms with Gasteiger partial charge in [0.25, 0.3) is 0 Å². The summed E-state index contributed by atoms with van der Waals surface area (Å²) in [4.78, 5) is 4.85. The predicted molar refractivity (Wildman–Crippen MR) is 111 cm³/mol. The zero-order chi connectivity index (χ0) is 19.0. The summed E-state index contributed by atoms with van der Waals surface area (Å²) in [7, 11) is -1.83. The first-order valence-corrected chi connectivity index (χ1v) is 11.9. The van der Waals surface area contributed by atoms with Crippen LogP contribution in [0, 0.1) is 5.92 Å². The van der Waals surface area contributed by atoms with Crippen LogP contribution in [0.3, 0.4) is 0 Å². The zero-order valence-electron chi connectivity index (χ0n) is 16.7. The van der Waals surface area contributed by atoms with Crippen molar-refractivity contribution < 1.29 is 4.43 Å². The Hall–Kier alpha value is -1.59. The number of nitrogen functional groups attached to an aromatic ring is 2. The number of para-hydroxylation sites is 1. The van der Waals surface area contributed by atoms with Crippen LogP contribution in [0.1, 0.15) is 46.2 Å². The standard InChI is InChI=1S/C20H33N3OSi/c1-13(2)15(12-24-25(6,7)20(3,4)5)19-18(22)17(21)14-10-8-9-11-16(14)23-19/h8-11,13,15H,12,22H2,1-7H3,(H2,21,23)/t15-/m0/s1. The van der Waals surface area contributed by atoms with Crippen LogP contribution in [0.15, 0.2) is 24.3 Å². The predicted octanol–water partition coefficient (Wildman–Crippen LogP) is 5.16. The topological polar surface area (TPSA) is 74.2 Å². The van der Waals surface area contributed by atoms with E-state index in [1.54, 1.807) is 0 Å². The second-order valence-electron chi connectivity index (χ2n) is 8.76. The average Bonchev–Trinajstić information content (AvgIpc) is 2.50. The van der Waals surface area contributed by atoms with Crippen LogP contribution in [-0.4, -0.2) is 19.9 Å². The van der Waals surface area contributed by atoms with Gasteiger partial charge >= 0.3 is 0 Å². The molecule has 1 aromatic carbocycles. The largest absolute Gasteiger partial charge is 0.416 e. The third kappa shape index (κ3) is 3.98. The summed E-state index contributed by atoms with van der Waals surface area (Å²) in [6, 6.07) is 7.89. The molecular weight excluding hydrogens is 326 g/mol. The molecule has 2 rings (SSSR count). The van der Waals surface area contributed by atoms with E-state index < -0.39 is 8.32 Å². The van der Waals surface area contributed by atoms with Crippen molar-refractivity contribution in [3.8, 4) is 0 Å². The molecule has 0 aliphatic heterocycles. The van der Waals surface area contributed by atoms with Gasteiger partial charge in [0.15, 0.2) is 8.32 Å². The molecule has 138 valence electrons. The van der Waals surface area contributed by atoms with Crippen molar-refractivity contribution in [2.45, 2.75) is 58.7 Å². The molecule has 0 unspecified atom stereocenters. The van der Waals surface area contributed by atoms with Crippen molar-refractivity contribution in [1.29, 1.82) is 0 Å². The molecule has 1 atom stereocenters. The Balaban J connectivity index is 2.41. The van der Waals surface area contributed by atoms with Gasteiger partial charge in [-0.1, -0.05) is 52.8 Å². The lowest BCUT2D eigenvalue weighted by molar-refractivity contribution is 0.235. The van der Waals surface area contributed by atoms with Gasteiger partial charge in [-0.15, -0.1) is 0 Å². The summed E-state index contributed by atoms with van der Waals surface area (Å²) in [6.07, 6.45) is 0. The number of hydrogen-bond acceptors (Lipinski definition) is 4. The highest BCUT2D eigenvalue weighted by atomic mass is 28.4. The Bertz CT molecular complexity index is 750. The molecule has 0 aliphatic carbocycles. The SMILES string of the molecule is CC(C)[C@H](CO[Si](C)(C)C(C)(C)C)c1nc2ccccc2c(N)c1N. The van der Waals surface area contributed by atoms with E-state index in [9.17, 15) is 0 Å². The number of anilines is 2. The molecule has 2 aromatic rings. The molecule has 0 fully saturated rings. The summed E-state index contributed by atoms with van der Waals surface area (Å²) in [5.41, 5.74) is 15.7. The molecule has 0 amide bonds. The number of benzene rings is 1. The average molecular weight is 360 g/mol. The van der Waals surface area contributed by atoms with Crippen molar-refractivity contribution >= 4 is 30.6 Å². The first-order valence-electron chi connectivity index (χ1n) is 9.03. The van der Waals surface area contributed by atoms with Crippen molar-refractivity contribution in [3.63, 3.8) is 0 Å². The second-order valence-corrected chi connectivity index (χ2v) is 13.6. The van der Waals surface area contributed by atoms with Gasteiger partial charge in [0, 0.05) is 17.9 Å². The van der Waals surface area contributed by atoms with Crippen molar-refractivity contribution in [3.05, 3.63) is 30.0 Å². The lowest BCUT2D eigenvalue weighted by atomic mass is 9.91. The quantitative estimate of drug-likeness (QED) is 0.723. The molecule has 0 bridgehead atoms. The molecule has 1 heterocycles. The third-order valence-electron chi connectivity index (χ3n) is 5.59. The van der Waals surface area contributed by atoms with E-state index >= 15 is 0 Å². The Labute approximate surface area is 153 Å². The minimum absolute atomic E-state index is 0.126. The van der Waals surface area contributed by atoms with Crippen molar-refractivity contribution in [2.75, 3.05) is 18.1 Å². The number of nitrogens with two attached hydrogens (primary N) is 2. The lowest BCUT2D eigenvalue weighted by Crippen LogP contribution is -2.42. The van der Waals surface area contributed by atoms with Crippen LogP contribution < -0.4 is 11.5 Å². The number of hydrogen-bond donors (Lipinski definition) is 2. The van der Waals surface area contributed by atoms with E-state index in [4.69, 9.17) is 20.9 Å². The molecule has 4 N–H and O–H groups in total. The first-order chi connectivity index (χ1) is 11.5. The van der Waals surface area contributed by atoms with Crippen LogP contribution in [0.4, 0.5) is 11.4 Å². The Kier molecular flexibility index (Phi) is 5.49. The van der Waals surface area contributed by atoms with Gasteiger partial charge < -0.3 is 15.9 Å². The fourth-order valence-corrected chi connectivity index (χ4v) is 3.69. The van der Waals surface area contributed by atoms with Crippen LogP contribution in [-0.2, 0) is 4.43 Å². The zero-order valence-corrected chi connectivity index (χ0v) is 17.7. The van der Waals surface area contributed by atoms with Gasteiger partial charge in [-0.25, -0.2) is 0 Å². The van der Waals surface area contributed by atoms with Crippen LogP contribution in [0.25, 0.3) is 10.9 Å². The monoisotopic (exact) mass is 359 g/mol. The maximum absolute atomic E-state index is 6.48. The normalized spacial score (nSPS) is 14.2. The van der Waals surface area contributed by atoms with E-state index in [0.717, 1.165) is 16.6 Å². The minimum atomic E-state index is -1.83. The van der Waals surface area contributed by atoms with Gasteiger partial charge in [0.2, 0.25) is 0 Å². The first kappa shape index (κ1) is 19.7. The van der Waals surface area contributed by atoms with Crippen molar-refractivity contribution in [2.24, 2.45) is 5.92 Å². The Morgan fingerprint density at radius 1 is 1.08 bits per heavy atom. The molecule has 5 heteroatoms. The summed E-state index contributed by atoms with van der Waals surface area (Å²) in [5, 5.41) is 1.09. The van der Waals surface area contributed by atoms with Gasteiger partial charge in [-0.3, -0.25) is 4.98 Å². The third-order valence-corrected chi connectivity index (χ3v) is 10.1. The van der Waals surface area contributed by atoms with E-state index in [-0.39, 0.29) is 11.0 Å². The van der Waals surface area contributed by atoms with Gasteiger partial charge in [0.1, 0.15) is 0 Å². The van der Waals surface area contributed by atoms with Crippen molar-refractivity contribution in [1.82, 2.24) is 4.98 Å². The fraction of sp³-hybridized carbons (Fsp3) is 0.550. The maximum Gasteiger partial charge on any atom is 0.192 e. The van der Waals surface area contributed by atoms with E-state index in [0.29, 0.717) is 23.9 Å². The van der Waals surface area contributed by atoms with Crippen LogP contribution in [0.2, 0.25) is 18.1 Å². The van der Waals surface area contributed by atoms with E-state index in [1.807, 2.05) is 24.3 Å². The molecule has 0 aliphatic rings. The summed E-state index contributed by atoms with van der Waals surface area (Å²) >= 11 is 0. The summed E-state index contributed by atoms with van der Waals surface area (Å²) < 4.78 is 6.48. The highest BCUT2D eigenvalue weighted by Crippen LogP contribution is 2.39. The summed E-state index contributed by atoms with van der Waals surface area (Å²) in [5.74, 6) is 0.487. The van der Waals surface area contributed by atoms with Crippen LogP contribution >= 0.6 is 0 Å². The molecule has 0 saturated carbocycles. The fourth-order valence-electron chi connectivity index (χ4n) is 2.66. The minimum Gasteiger partial charge on any atom is -0.416 e. The second kappa shape index (κ2) is 6.96. The van der Waals surface area contributed by atoms with Gasteiger partial charge in [0.05, 0.1) is 22.6 Å². The number of fused-ring (bicyclic) bond motifs is 1. The van der Waals surface area contributed by atoms with Crippen LogP contribution in [0.5, 0.6) is 0 Å². The number of rotatable bonds is 5. The molecular formula is C20H33N3OSi. The number of pyridine rings is 1. The molecule has 25 heavy (non-hydrogen) atoms. The number of aromatic nitrogens is 1. The van der Waals surface area contributed by atoms with Gasteiger partial charge in [-0.2, -0.15) is 0 Å². The number of nitrogens with zero attached hydrogens (tertiary/aromatic N) is 1. The highest BCUT2D eigenvalue weighted by molar-refractivity contribution is 6.74. The Morgan fingerprint density at radius 3 is 2.24 bits per heavy atom. The van der Waals surface area contributed by atoms with E-state index in [1.165, 1.54) is 0 Å². The summed E-state index contributed by atoms with van der Waals surface area (Å²) in [6.45, 7) is 16.3. The molecule has 0 radical (unpaired) electrons. The molecule has 1 aromatic heterocycles. The molecule has 0 spiro atoms. The highest BCUT2D eigenvalue weighted by Gasteiger charge is 2.38. The lowest BCUT2D eigenvalue weighted by Gasteiger charge is -2.38. The molecule has 4 nitrogen and oxygen atoms in total.